The van der Waals surface area contributed by atoms with E-state index in [0.29, 0.717) is 0 Å². The quantitative estimate of drug-likeness (QED) is 0.147. The molecular formula is C24H40NO2. The zero-order valence-corrected chi connectivity index (χ0v) is 17.5. The van der Waals surface area contributed by atoms with E-state index in [0.717, 1.165) is 12.0 Å². The van der Waals surface area contributed by atoms with Crippen molar-refractivity contribution in [2.24, 2.45) is 0 Å². The van der Waals surface area contributed by atoms with E-state index in [9.17, 15) is 10.1 Å². The van der Waals surface area contributed by atoms with Gasteiger partial charge in [0.1, 0.15) is 0 Å². The fourth-order valence-electron chi connectivity index (χ4n) is 3.55. The Morgan fingerprint density at radius 3 is 1.74 bits per heavy atom. The highest BCUT2D eigenvalue weighted by molar-refractivity contribution is 5.37. The monoisotopic (exact) mass is 374 g/mol. The molecule has 1 aromatic carbocycles. The lowest BCUT2D eigenvalue weighted by Gasteiger charge is -2.04. The van der Waals surface area contributed by atoms with Crippen LogP contribution in [0.4, 0.5) is 5.69 Å². The summed E-state index contributed by atoms with van der Waals surface area (Å²) in [6.45, 7) is 2.28. The highest BCUT2D eigenvalue weighted by Crippen LogP contribution is 2.18. The molecule has 1 aromatic rings. The minimum absolute atomic E-state index is 0.181. The van der Waals surface area contributed by atoms with Crippen LogP contribution in [0.25, 0.3) is 0 Å². The average Bonchev–Trinajstić information content (AvgIpc) is 2.68. The number of benzene rings is 1. The van der Waals surface area contributed by atoms with Crippen molar-refractivity contribution in [2.75, 3.05) is 0 Å². The van der Waals surface area contributed by atoms with Crippen LogP contribution in [0.3, 0.4) is 0 Å². The van der Waals surface area contributed by atoms with Gasteiger partial charge in [-0.3, -0.25) is 10.1 Å². The van der Waals surface area contributed by atoms with Crippen molar-refractivity contribution in [1.29, 1.82) is 0 Å². The summed E-state index contributed by atoms with van der Waals surface area (Å²) in [7, 11) is 0. The van der Waals surface area contributed by atoms with E-state index in [2.05, 4.69) is 13.3 Å². The number of non-ortho nitro benzene ring substituents is 1. The second-order valence-electron chi connectivity index (χ2n) is 7.79. The zero-order valence-electron chi connectivity index (χ0n) is 17.5. The summed E-state index contributed by atoms with van der Waals surface area (Å²) in [5.41, 5.74) is 1.15. The Labute approximate surface area is 167 Å². The van der Waals surface area contributed by atoms with E-state index in [4.69, 9.17) is 0 Å². The van der Waals surface area contributed by atoms with Crippen LogP contribution in [0, 0.1) is 16.5 Å². The van der Waals surface area contributed by atoms with Crippen molar-refractivity contribution in [1.82, 2.24) is 0 Å². The molecule has 0 N–H and O–H groups in total. The summed E-state index contributed by atoms with van der Waals surface area (Å²) in [6.07, 6.45) is 23.8. The normalized spacial score (nSPS) is 11.0. The molecule has 0 aliphatic heterocycles. The van der Waals surface area contributed by atoms with Gasteiger partial charge >= 0.3 is 0 Å². The molecule has 0 heterocycles. The predicted molar refractivity (Wildman–Crippen MR) is 116 cm³/mol. The van der Waals surface area contributed by atoms with E-state index in [1.165, 1.54) is 96.3 Å². The molecule has 0 amide bonds. The van der Waals surface area contributed by atoms with Crippen LogP contribution in [0.2, 0.25) is 0 Å². The first-order chi connectivity index (χ1) is 13.2. The van der Waals surface area contributed by atoms with Gasteiger partial charge < -0.3 is 0 Å². The van der Waals surface area contributed by atoms with Gasteiger partial charge in [0.05, 0.1) is 4.92 Å². The van der Waals surface area contributed by atoms with Crippen molar-refractivity contribution >= 4 is 5.69 Å². The standard InChI is InChI=1S/C24H40NO2/c1-2-3-4-5-6-7-8-9-10-11-12-13-14-15-16-17-19-23-20-18-21-24(22-23)25(26)27/h18-22H,2-17H2,1H3. The summed E-state index contributed by atoms with van der Waals surface area (Å²) in [5, 5.41) is 10.8. The molecule has 153 valence electrons. The van der Waals surface area contributed by atoms with E-state index in [-0.39, 0.29) is 10.6 Å². The Hall–Kier alpha value is -1.38. The number of rotatable bonds is 18. The zero-order chi connectivity index (χ0) is 19.6. The molecule has 0 aliphatic carbocycles. The van der Waals surface area contributed by atoms with Gasteiger partial charge in [-0.1, -0.05) is 115 Å². The fraction of sp³-hybridized carbons (Fsp3) is 0.708. The number of nitro benzene ring substituents is 1. The summed E-state index contributed by atoms with van der Waals surface area (Å²) in [6, 6.07) is 6.91. The van der Waals surface area contributed by atoms with Gasteiger partial charge in [0.2, 0.25) is 0 Å². The van der Waals surface area contributed by atoms with E-state index < -0.39 is 0 Å². The first kappa shape index (κ1) is 23.7. The van der Waals surface area contributed by atoms with Crippen molar-refractivity contribution in [3.63, 3.8) is 0 Å². The van der Waals surface area contributed by atoms with Crippen LogP contribution in [0.5, 0.6) is 0 Å². The van der Waals surface area contributed by atoms with Crippen LogP contribution in [-0.4, -0.2) is 4.92 Å². The first-order valence-corrected chi connectivity index (χ1v) is 11.3. The minimum Gasteiger partial charge on any atom is -0.258 e. The Kier molecular flexibility index (Phi) is 14.7. The maximum atomic E-state index is 10.8. The van der Waals surface area contributed by atoms with Gasteiger partial charge in [-0.15, -0.1) is 0 Å². The third-order valence-electron chi connectivity index (χ3n) is 5.27. The van der Waals surface area contributed by atoms with Crippen molar-refractivity contribution in [2.45, 2.75) is 110 Å². The van der Waals surface area contributed by atoms with Crippen LogP contribution in [0.15, 0.2) is 24.3 Å². The minimum atomic E-state index is -0.328. The van der Waals surface area contributed by atoms with Crippen LogP contribution < -0.4 is 0 Å². The van der Waals surface area contributed by atoms with Gasteiger partial charge in [-0.2, -0.15) is 0 Å². The second-order valence-corrected chi connectivity index (χ2v) is 7.79. The highest BCUT2D eigenvalue weighted by atomic mass is 16.6. The molecule has 0 saturated carbocycles. The molecule has 0 spiro atoms. The summed E-state index contributed by atoms with van der Waals surface area (Å²) in [4.78, 5) is 10.4. The molecule has 27 heavy (non-hydrogen) atoms. The fourth-order valence-corrected chi connectivity index (χ4v) is 3.55. The molecule has 0 aromatic heterocycles. The average molecular weight is 375 g/mol. The highest BCUT2D eigenvalue weighted by Gasteiger charge is 2.05. The van der Waals surface area contributed by atoms with Crippen LogP contribution >= 0.6 is 0 Å². The molecular weight excluding hydrogens is 334 g/mol. The smallest absolute Gasteiger partial charge is 0.258 e. The topological polar surface area (TPSA) is 43.1 Å². The largest absolute Gasteiger partial charge is 0.269 e. The van der Waals surface area contributed by atoms with E-state index >= 15 is 0 Å². The van der Waals surface area contributed by atoms with Gasteiger partial charge in [0, 0.05) is 12.1 Å². The molecule has 3 heteroatoms. The molecule has 1 rings (SSSR count). The summed E-state index contributed by atoms with van der Waals surface area (Å²) in [5.74, 6) is 0. The number of nitrogens with zero attached hydrogens (tertiary/aromatic N) is 1. The Morgan fingerprint density at radius 2 is 1.26 bits per heavy atom. The van der Waals surface area contributed by atoms with E-state index in [1.54, 1.807) is 18.2 Å². The molecule has 0 unspecified atom stereocenters. The number of unbranched alkanes of at least 4 members (excludes halogenated alkanes) is 15. The van der Waals surface area contributed by atoms with Gasteiger partial charge in [0.25, 0.3) is 5.69 Å². The van der Waals surface area contributed by atoms with Gasteiger partial charge in [0.15, 0.2) is 0 Å². The maximum Gasteiger partial charge on any atom is 0.269 e. The molecule has 0 fully saturated rings. The molecule has 3 nitrogen and oxygen atoms in total. The molecule has 1 radical (unpaired) electrons. The van der Waals surface area contributed by atoms with Crippen LogP contribution in [-0.2, 0) is 0 Å². The van der Waals surface area contributed by atoms with Crippen molar-refractivity contribution in [3.8, 4) is 0 Å². The van der Waals surface area contributed by atoms with Crippen molar-refractivity contribution < 1.29 is 4.92 Å². The van der Waals surface area contributed by atoms with Gasteiger partial charge in [-0.25, -0.2) is 0 Å². The second kappa shape index (κ2) is 16.8. The summed E-state index contributed by atoms with van der Waals surface area (Å²) < 4.78 is 0. The number of hydrogen-bond acceptors (Lipinski definition) is 2. The molecule has 0 saturated heterocycles. The predicted octanol–water partition coefficient (Wildman–Crippen LogP) is 8.41. The SMILES string of the molecule is CCCCCCCCCCCCCCCCC[CH]c1cccc([N+](=O)[O-])c1. The molecule has 0 atom stereocenters. The lowest BCUT2D eigenvalue weighted by Crippen LogP contribution is -1.90. The Balaban J connectivity index is 1.83. The Bertz CT molecular complexity index is 487. The van der Waals surface area contributed by atoms with E-state index in [1.807, 2.05) is 6.07 Å². The lowest BCUT2D eigenvalue weighted by molar-refractivity contribution is -0.384. The third kappa shape index (κ3) is 13.4. The van der Waals surface area contributed by atoms with Gasteiger partial charge in [-0.05, 0) is 18.4 Å². The van der Waals surface area contributed by atoms with Crippen molar-refractivity contribution in [3.05, 3.63) is 46.4 Å². The maximum absolute atomic E-state index is 10.8. The third-order valence-corrected chi connectivity index (χ3v) is 5.27. The summed E-state index contributed by atoms with van der Waals surface area (Å²) >= 11 is 0. The Morgan fingerprint density at radius 1 is 0.778 bits per heavy atom. The molecule has 0 aliphatic rings. The number of nitro groups is 1. The first-order valence-electron chi connectivity index (χ1n) is 11.3. The van der Waals surface area contributed by atoms with Crippen LogP contribution in [0.1, 0.15) is 115 Å². The number of hydrogen-bond donors (Lipinski definition) is 0. The molecule has 0 bridgehead atoms. The lowest BCUT2D eigenvalue weighted by atomic mass is 10.0.